The van der Waals surface area contributed by atoms with Gasteiger partial charge in [0.1, 0.15) is 30.5 Å². The van der Waals surface area contributed by atoms with E-state index in [0.29, 0.717) is 19.4 Å². The van der Waals surface area contributed by atoms with Crippen LogP contribution >= 0.6 is 0 Å². The van der Waals surface area contributed by atoms with Crippen molar-refractivity contribution in [2.24, 2.45) is 0 Å². The zero-order valence-corrected chi connectivity index (χ0v) is 43.2. The van der Waals surface area contributed by atoms with Crippen LogP contribution in [0.25, 0.3) is 0 Å². The summed E-state index contributed by atoms with van der Waals surface area (Å²) in [4.78, 5) is 12.9. The van der Waals surface area contributed by atoms with Crippen LogP contribution < -0.4 is 0 Å². The molecule has 0 aromatic rings. The standard InChI is InChI=1S/C55H96O12S/c1-3-5-7-9-11-13-15-17-19-21-22-23-24-25-26-27-28-29-30-32-34-36-38-40-42-44-51(57)65-49(48-64-55-53(59)54(67-68(60,61)62)52(58)50(46-56)66-55)47-63-45-43-41-39-37-35-33-31-20-18-16-14-12-10-8-6-4-2/h6,8,12,14,18,20-22,33,35,39,41,49-50,52-56,58-59H,3-5,7,9-11,13,15-17,19,23-32,34,36-38,40,42-48H2,1-2H3,(H,60,61,62)/b8-6-,14-12-,20-18-,22-21-,35-33-,41-39-. The number of carbonyl (C=O) groups excluding carboxylic acids is 1. The summed E-state index contributed by atoms with van der Waals surface area (Å²) in [5, 5.41) is 30.8. The van der Waals surface area contributed by atoms with Gasteiger partial charge < -0.3 is 34.3 Å². The second-order valence-corrected chi connectivity index (χ2v) is 19.1. The maximum Gasteiger partial charge on any atom is 0.397 e. The number of hydrogen-bond acceptors (Lipinski definition) is 11. The third-order valence-corrected chi connectivity index (χ3v) is 12.3. The molecule has 6 atom stereocenters. The Bertz CT molecular complexity index is 1460. The topological polar surface area (TPSA) is 178 Å². The molecule has 68 heavy (non-hydrogen) atoms. The van der Waals surface area contributed by atoms with Gasteiger partial charge in [0.05, 0.1) is 26.4 Å². The van der Waals surface area contributed by atoms with E-state index >= 15 is 0 Å². The number of carbonyl (C=O) groups is 1. The van der Waals surface area contributed by atoms with Gasteiger partial charge in [-0.1, -0.05) is 202 Å². The minimum atomic E-state index is -5.08. The van der Waals surface area contributed by atoms with Gasteiger partial charge in [-0.25, -0.2) is 4.18 Å². The fraction of sp³-hybridized carbons (Fsp3) is 0.764. The summed E-state index contributed by atoms with van der Waals surface area (Å²) >= 11 is 0. The van der Waals surface area contributed by atoms with E-state index in [1.54, 1.807) is 0 Å². The van der Waals surface area contributed by atoms with Gasteiger partial charge in [-0.3, -0.25) is 9.35 Å². The number of hydrogen-bond donors (Lipinski definition) is 4. The average Bonchev–Trinajstić information content (AvgIpc) is 3.31. The normalized spacial score (nSPS) is 19.9. The van der Waals surface area contributed by atoms with Crippen molar-refractivity contribution in [2.45, 2.75) is 243 Å². The Balaban J connectivity index is 2.35. The minimum absolute atomic E-state index is 0.0205. The molecule has 1 saturated heterocycles. The molecule has 0 spiro atoms. The molecule has 6 unspecified atom stereocenters. The Kier molecular flexibility index (Phi) is 42.7. The monoisotopic (exact) mass is 981 g/mol. The predicted molar refractivity (Wildman–Crippen MR) is 276 cm³/mol. The van der Waals surface area contributed by atoms with Crippen molar-refractivity contribution in [1.82, 2.24) is 0 Å². The third-order valence-electron chi connectivity index (χ3n) is 11.8. The van der Waals surface area contributed by atoms with Crippen molar-refractivity contribution < 1.29 is 56.2 Å². The molecule has 12 nitrogen and oxygen atoms in total. The van der Waals surface area contributed by atoms with Crippen LogP contribution in [0.2, 0.25) is 0 Å². The van der Waals surface area contributed by atoms with Gasteiger partial charge >= 0.3 is 16.4 Å². The quantitative estimate of drug-likeness (QED) is 0.0197. The number of esters is 1. The Labute approximate surface area is 413 Å². The Hall–Kier alpha value is -2.46. The molecular formula is C55H96O12S. The molecule has 1 aliphatic heterocycles. The minimum Gasteiger partial charge on any atom is -0.457 e. The zero-order chi connectivity index (χ0) is 49.6. The largest absolute Gasteiger partial charge is 0.457 e. The van der Waals surface area contributed by atoms with E-state index in [1.165, 1.54) is 122 Å². The van der Waals surface area contributed by atoms with E-state index in [0.717, 1.165) is 51.4 Å². The van der Waals surface area contributed by atoms with Crippen LogP contribution in [-0.2, 0) is 38.3 Å². The van der Waals surface area contributed by atoms with Crippen LogP contribution in [-0.4, -0.2) is 97.5 Å². The Morgan fingerprint density at radius 1 is 0.574 bits per heavy atom. The molecule has 0 amide bonds. The molecule has 0 aliphatic carbocycles. The van der Waals surface area contributed by atoms with Gasteiger partial charge in [0, 0.05) is 6.42 Å². The average molecular weight is 981 g/mol. The first-order valence-electron chi connectivity index (χ1n) is 26.7. The van der Waals surface area contributed by atoms with Crippen LogP contribution in [0, 0.1) is 0 Å². The summed E-state index contributed by atoms with van der Waals surface area (Å²) in [6, 6.07) is 0. The fourth-order valence-electron chi connectivity index (χ4n) is 7.85. The van der Waals surface area contributed by atoms with Gasteiger partial charge in [-0.05, 0) is 70.6 Å². The summed E-state index contributed by atoms with van der Waals surface area (Å²) in [6.45, 7) is 3.67. The molecule has 0 radical (unpaired) electrons. The van der Waals surface area contributed by atoms with E-state index in [4.69, 9.17) is 18.9 Å². The predicted octanol–water partition coefficient (Wildman–Crippen LogP) is 12.6. The second-order valence-electron chi connectivity index (χ2n) is 18.1. The van der Waals surface area contributed by atoms with E-state index in [2.05, 4.69) is 84.9 Å². The first-order valence-corrected chi connectivity index (χ1v) is 28.1. The van der Waals surface area contributed by atoms with Crippen LogP contribution in [0.3, 0.4) is 0 Å². The van der Waals surface area contributed by atoms with Crippen molar-refractivity contribution >= 4 is 16.4 Å². The SMILES string of the molecule is CC/C=C\C/C=C\C/C=C\C/C=C\C/C=C\CCOCC(COC1OC(CO)C(O)C(OS(=O)(=O)O)C1O)OC(=O)CCCCCCCCCCCCCCC/C=C\CCCCCCCCCC. The molecule has 0 aromatic carbocycles. The summed E-state index contributed by atoms with van der Waals surface area (Å²) < 4.78 is 59.1. The van der Waals surface area contributed by atoms with Gasteiger partial charge in [0.15, 0.2) is 6.29 Å². The number of allylic oxidation sites excluding steroid dienone is 11. The highest BCUT2D eigenvalue weighted by Crippen LogP contribution is 2.26. The summed E-state index contributed by atoms with van der Waals surface area (Å²) in [5.41, 5.74) is 0. The van der Waals surface area contributed by atoms with Crippen LogP contribution in [0.4, 0.5) is 0 Å². The van der Waals surface area contributed by atoms with Gasteiger partial charge in [-0.15, -0.1) is 0 Å². The highest BCUT2D eigenvalue weighted by Gasteiger charge is 2.48. The molecule has 1 heterocycles. The van der Waals surface area contributed by atoms with Gasteiger partial charge in [0.25, 0.3) is 0 Å². The molecule has 1 fully saturated rings. The number of ether oxygens (including phenoxy) is 4. The van der Waals surface area contributed by atoms with Crippen LogP contribution in [0.15, 0.2) is 72.9 Å². The van der Waals surface area contributed by atoms with Gasteiger partial charge in [-0.2, -0.15) is 8.42 Å². The first-order chi connectivity index (χ1) is 33.1. The number of rotatable bonds is 46. The van der Waals surface area contributed by atoms with Gasteiger partial charge in [0.2, 0.25) is 0 Å². The lowest BCUT2D eigenvalue weighted by Gasteiger charge is -2.41. The molecule has 0 saturated carbocycles. The number of unbranched alkanes of at least 4 members (excludes halogenated alkanes) is 21. The number of aliphatic hydroxyl groups excluding tert-OH is 3. The van der Waals surface area contributed by atoms with Crippen molar-refractivity contribution in [3.8, 4) is 0 Å². The van der Waals surface area contributed by atoms with E-state index in [9.17, 15) is 33.1 Å². The van der Waals surface area contributed by atoms with Crippen molar-refractivity contribution in [3.63, 3.8) is 0 Å². The van der Waals surface area contributed by atoms with Crippen molar-refractivity contribution in [1.29, 1.82) is 0 Å². The molecule has 0 bridgehead atoms. The lowest BCUT2D eigenvalue weighted by molar-refractivity contribution is -0.301. The molecule has 13 heteroatoms. The second kappa shape index (κ2) is 45.7. The van der Waals surface area contributed by atoms with Crippen molar-refractivity contribution in [2.75, 3.05) is 26.4 Å². The zero-order valence-electron chi connectivity index (χ0n) is 42.4. The highest BCUT2D eigenvalue weighted by atomic mass is 32.3. The first kappa shape index (κ1) is 63.6. The highest BCUT2D eigenvalue weighted by molar-refractivity contribution is 7.80. The molecule has 4 N–H and O–H groups in total. The third kappa shape index (κ3) is 38.3. The summed E-state index contributed by atoms with van der Waals surface area (Å²) in [5.74, 6) is -0.424. The maximum absolute atomic E-state index is 12.9. The molecule has 1 aliphatic rings. The maximum atomic E-state index is 12.9. The number of aliphatic hydroxyl groups is 3. The molecule has 394 valence electrons. The summed E-state index contributed by atoms with van der Waals surface area (Å²) in [6.07, 6.45) is 51.1. The molecule has 1 rings (SSSR count). The van der Waals surface area contributed by atoms with E-state index in [1.807, 2.05) is 6.08 Å². The Morgan fingerprint density at radius 3 is 1.49 bits per heavy atom. The lowest BCUT2D eigenvalue weighted by Crippen LogP contribution is -2.60. The Morgan fingerprint density at radius 2 is 1.01 bits per heavy atom. The molecular weight excluding hydrogens is 885 g/mol. The van der Waals surface area contributed by atoms with E-state index in [-0.39, 0.29) is 19.6 Å². The summed E-state index contributed by atoms with van der Waals surface area (Å²) in [7, 11) is -5.08. The lowest BCUT2D eigenvalue weighted by atomic mass is 9.99. The van der Waals surface area contributed by atoms with Crippen molar-refractivity contribution in [3.05, 3.63) is 72.9 Å². The van der Waals surface area contributed by atoms with Crippen LogP contribution in [0.5, 0.6) is 0 Å². The van der Waals surface area contributed by atoms with Crippen LogP contribution in [0.1, 0.15) is 206 Å². The molecule has 0 aromatic heterocycles. The smallest absolute Gasteiger partial charge is 0.397 e. The fourth-order valence-corrected chi connectivity index (χ4v) is 8.36. The van der Waals surface area contributed by atoms with E-state index < -0.39 is 59.8 Å².